The van der Waals surface area contributed by atoms with Crippen molar-refractivity contribution < 1.29 is 64.3 Å². The van der Waals surface area contributed by atoms with Crippen molar-refractivity contribution in [1.82, 2.24) is 4.98 Å². The number of hydrogen-bond donors (Lipinski definition) is 0. The largest absolute Gasteiger partial charge is 1.00 e. The summed E-state index contributed by atoms with van der Waals surface area (Å²) in [7, 11) is 0. The summed E-state index contributed by atoms with van der Waals surface area (Å²) in [4.78, 5) is 3.98. The number of thiazole rings is 1. The number of nitrogens with zero attached hydrogens (tertiary/aromatic N) is 1. The van der Waals surface area contributed by atoms with Crippen LogP contribution in [-0.4, -0.2) is 12.0 Å². The smallest absolute Gasteiger partial charge is 0.449 e. The van der Waals surface area contributed by atoms with E-state index in [9.17, 15) is 12.9 Å². The fourth-order valence-corrected chi connectivity index (χ4v) is 2.22. The van der Waals surface area contributed by atoms with Gasteiger partial charge in [-0.1, -0.05) is 30.3 Å². The molecule has 1 aromatic heterocycles. The molecule has 0 radical (unpaired) electrons. The van der Waals surface area contributed by atoms with Gasteiger partial charge in [-0.15, -0.1) is 11.3 Å². The van der Waals surface area contributed by atoms with Crippen molar-refractivity contribution in [1.29, 1.82) is 0 Å². The van der Waals surface area contributed by atoms with E-state index in [0.29, 0.717) is 5.69 Å². The maximum atomic E-state index is 12.2. The molecule has 0 atom stereocenters. The van der Waals surface area contributed by atoms with Crippen LogP contribution >= 0.6 is 11.3 Å². The van der Waals surface area contributed by atoms with Crippen LogP contribution in [0.5, 0.6) is 0 Å². The van der Waals surface area contributed by atoms with Gasteiger partial charge < -0.3 is 12.9 Å². The fourth-order valence-electron chi connectivity index (χ4n) is 1.34. The second-order valence-electron chi connectivity index (χ2n) is 3.41. The third-order valence-electron chi connectivity index (χ3n) is 2.03. The molecular formula is C10H8BF3KNS. The topological polar surface area (TPSA) is 12.9 Å². The number of halogens is 3. The minimum Gasteiger partial charge on any atom is -0.449 e. The molecule has 2 rings (SSSR count). The van der Waals surface area contributed by atoms with Gasteiger partial charge in [0, 0.05) is 10.9 Å². The molecule has 0 aliphatic carbocycles. The first kappa shape index (κ1) is 15.4. The first-order valence-corrected chi connectivity index (χ1v) is 5.63. The number of aromatic nitrogens is 1. The molecule has 1 nitrogen and oxygen atoms in total. The van der Waals surface area contributed by atoms with Crippen LogP contribution in [0.15, 0.2) is 35.7 Å². The Morgan fingerprint density at radius 3 is 2.35 bits per heavy atom. The molecule has 0 fully saturated rings. The molecule has 2 aromatic rings. The van der Waals surface area contributed by atoms with Crippen LogP contribution in [-0.2, 0) is 6.32 Å². The van der Waals surface area contributed by atoms with Gasteiger partial charge in [0.1, 0.15) is 0 Å². The molecule has 84 valence electrons. The SMILES string of the molecule is F[B-](F)(F)Cc1nc(-c2ccccc2)cs1.[K+]. The van der Waals surface area contributed by atoms with E-state index in [1.165, 1.54) is 0 Å². The maximum absolute atomic E-state index is 12.2. The summed E-state index contributed by atoms with van der Waals surface area (Å²) < 4.78 is 36.5. The van der Waals surface area contributed by atoms with Gasteiger partial charge in [-0.25, -0.2) is 4.98 Å². The predicted molar refractivity (Wildman–Crippen MR) is 60.3 cm³/mol. The summed E-state index contributed by atoms with van der Waals surface area (Å²) in [6, 6.07) is 9.19. The second-order valence-corrected chi connectivity index (χ2v) is 4.35. The molecule has 0 aliphatic heterocycles. The van der Waals surface area contributed by atoms with Gasteiger partial charge in [-0.2, -0.15) is 0 Å². The van der Waals surface area contributed by atoms with E-state index in [-0.39, 0.29) is 56.4 Å². The monoisotopic (exact) mass is 281 g/mol. The Labute approximate surface area is 144 Å². The van der Waals surface area contributed by atoms with Crippen LogP contribution in [0.2, 0.25) is 0 Å². The normalized spacial score (nSPS) is 11.0. The zero-order valence-corrected chi connectivity index (χ0v) is 13.2. The zero-order chi connectivity index (χ0) is 11.6. The molecule has 7 heteroatoms. The minimum absolute atomic E-state index is 0. The first-order valence-electron chi connectivity index (χ1n) is 4.75. The van der Waals surface area contributed by atoms with Crippen LogP contribution in [0.4, 0.5) is 12.9 Å². The van der Waals surface area contributed by atoms with E-state index in [4.69, 9.17) is 0 Å². The van der Waals surface area contributed by atoms with E-state index in [1.807, 2.05) is 30.3 Å². The standard InChI is InChI=1S/C10H8BF3NS.K/c12-11(13,14)6-10-15-9(7-16-10)8-4-2-1-3-5-8;/h1-5,7H,6H2;/q-1;+1. The molecule has 0 N–H and O–H groups in total. The molecule has 1 aromatic carbocycles. The summed E-state index contributed by atoms with van der Waals surface area (Å²) in [5, 5.41) is 1.79. The number of rotatable bonds is 3. The summed E-state index contributed by atoms with van der Waals surface area (Å²) in [5.41, 5.74) is 1.46. The summed E-state index contributed by atoms with van der Waals surface area (Å²) in [6.07, 6.45) is -0.891. The Bertz CT molecular complexity index is 472. The average molecular weight is 281 g/mol. The van der Waals surface area contributed by atoms with Crippen molar-refractivity contribution in [2.24, 2.45) is 0 Å². The molecule has 0 spiro atoms. The van der Waals surface area contributed by atoms with Gasteiger partial charge in [-0.3, -0.25) is 0 Å². The van der Waals surface area contributed by atoms with Crippen LogP contribution < -0.4 is 51.4 Å². The number of hydrogen-bond acceptors (Lipinski definition) is 2. The third kappa shape index (κ3) is 4.84. The fraction of sp³-hybridized carbons (Fsp3) is 0.100. The summed E-state index contributed by atoms with van der Waals surface area (Å²) >= 11 is 1.06. The second kappa shape index (κ2) is 6.49. The van der Waals surface area contributed by atoms with Gasteiger partial charge >= 0.3 is 58.4 Å². The molecule has 17 heavy (non-hydrogen) atoms. The van der Waals surface area contributed by atoms with Gasteiger partial charge in [0.05, 0.1) is 10.7 Å². The Morgan fingerprint density at radius 2 is 1.76 bits per heavy atom. The van der Waals surface area contributed by atoms with Crippen molar-refractivity contribution >= 4 is 18.3 Å². The Morgan fingerprint density at radius 1 is 1.12 bits per heavy atom. The maximum Gasteiger partial charge on any atom is 1.00 e. The summed E-state index contributed by atoms with van der Waals surface area (Å²) in [6.45, 7) is -4.80. The van der Waals surface area contributed by atoms with Gasteiger partial charge in [0.15, 0.2) is 0 Å². The van der Waals surface area contributed by atoms with E-state index in [1.54, 1.807) is 5.38 Å². The van der Waals surface area contributed by atoms with Crippen LogP contribution in [0, 0.1) is 0 Å². The van der Waals surface area contributed by atoms with Crippen LogP contribution in [0.25, 0.3) is 11.3 Å². The molecule has 1 heterocycles. The molecule has 0 saturated heterocycles. The molecule has 0 saturated carbocycles. The Hall–Kier alpha value is 0.341. The number of benzene rings is 1. The quantitative estimate of drug-likeness (QED) is 0.756. The first-order chi connectivity index (χ1) is 7.54. The van der Waals surface area contributed by atoms with E-state index in [2.05, 4.69) is 4.98 Å². The van der Waals surface area contributed by atoms with E-state index in [0.717, 1.165) is 16.9 Å². The van der Waals surface area contributed by atoms with Crippen LogP contribution in [0.1, 0.15) is 5.01 Å². The van der Waals surface area contributed by atoms with Crippen LogP contribution in [0.3, 0.4) is 0 Å². The molecule has 0 bridgehead atoms. The van der Waals surface area contributed by atoms with Crippen molar-refractivity contribution in [3.63, 3.8) is 0 Å². The molecule has 0 amide bonds. The molecular weight excluding hydrogens is 273 g/mol. The average Bonchev–Trinajstić information content (AvgIpc) is 2.65. The molecule has 0 unspecified atom stereocenters. The van der Waals surface area contributed by atoms with E-state index < -0.39 is 13.3 Å². The van der Waals surface area contributed by atoms with Crippen molar-refractivity contribution in [2.75, 3.05) is 0 Å². The molecule has 0 aliphatic rings. The van der Waals surface area contributed by atoms with Crippen molar-refractivity contribution in [3.8, 4) is 11.3 Å². The minimum atomic E-state index is -4.80. The zero-order valence-electron chi connectivity index (χ0n) is 9.24. The summed E-state index contributed by atoms with van der Waals surface area (Å²) in [5.74, 6) is 0. The van der Waals surface area contributed by atoms with Gasteiger partial charge in [0.25, 0.3) is 0 Å². The van der Waals surface area contributed by atoms with Gasteiger partial charge in [-0.05, 0) is 6.32 Å². The van der Waals surface area contributed by atoms with Crippen molar-refractivity contribution in [2.45, 2.75) is 6.32 Å². The Kier molecular flexibility index (Phi) is 5.88. The van der Waals surface area contributed by atoms with Crippen molar-refractivity contribution in [3.05, 3.63) is 40.7 Å². The third-order valence-corrected chi connectivity index (χ3v) is 2.90. The van der Waals surface area contributed by atoms with E-state index >= 15 is 0 Å². The Balaban J connectivity index is 0.00000144. The van der Waals surface area contributed by atoms with Gasteiger partial charge in [0.2, 0.25) is 0 Å². The predicted octanol–water partition coefficient (Wildman–Crippen LogP) is 0.743.